The average molecular weight is 416 g/mol. The lowest BCUT2D eigenvalue weighted by Gasteiger charge is -2.31. The summed E-state index contributed by atoms with van der Waals surface area (Å²) in [5.41, 5.74) is 0.600. The molecule has 3 heterocycles. The van der Waals surface area contributed by atoms with Gasteiger partial charge in [-0.05, 0) is 56.0 Å². The summed E-state index contributed by atoms with van der Waals surface area (Å²) in [5.74, 6) is 0.405. The Kier molecular flexibility index (Phi) is 5.77. The number of rotatable bonds is 5. The van der Waals surface area contributed by atoms with E-state index in [2.05, 4.69) is 15.3 Å². The lowest BCUT2D eigenvalue weighted by atomic mass is 9.97. The molecule has 0 radical (unpaired) electrons. The first-order chi connectivity index (χ1) is 14.0. The van der Waals surface area contributed by atoms with E-state index in [1.54, 1.807) is 42.7 Å². The second-order valence-corrected chi connectivity index (χ2v) is 9.40. The van der Waals surface area contributed by atoms with Crippen molar-refractivity contribution < 1.29 is 13.2 Å². The molecular weight excluding hydrogens is 390 g/mol. The molecule has 1 aromatic carbocycles. The highest BCUT2D eigenvalue weighted by Gasteiger charge is 2.28. The Balaban J connectivity index is 1.39. The summed E-state index contributed by atoms with van der Waals surface area (Å²) in [4.78, 5) is 23.6. The van der Waals surface area contributed by atoms with E-state index in [0.29, 0.717) is 31.3 Å². The molecule has 1 unspecified atom stereocenters. The van der Waals surface area contributed by atoms with E-state index in [1.807, 2.05) is 4.90 Å². The lowest BCUT2D eigenvalue weighted by molar-refractivity contribution is -0.120. The molecule has 0 aliphatic carbocycles. The summed E-state index contributed by atoms with van der Waals surface area (Å²) in [7, 11) is -3.44. The predicted octanol–water partition coefficient (Wildman–Crippen LogP) is 2.12. The van der Waals surface area contributed by atoms with Crippen molar-refractivity contribution in [1.29, 1.82) is 0 Å². The van der Waals surface area contributed by atoms with Gasteiger partial charge in [-0.1, -0.05) is 0 Å². The number of carbonyl (C=O) groups is 1. The van der Waals surface area contributed by atoms with Crippen molar-refractivity contribution in [3.8, 4) is 0 Å². The number of amides is 1. The molecule has 1 N–H and O–H groups in total. The predicted molar refractivity (Wildman–Crippen MR) is 110 cm³/mol. The van der Waals surface area contributed by atoms with Crippen LogP contribution in [0.1, 0.15) is 25.7 Å². The van der Waals surface area contributed by atoms with Gasteiger partial charge < -0.3 is 10.2 Å². The maximum atomic E-state index is 12.7. The van der Waals surface area contributed by atoms with Crippen molar-refractivity contribution in [2.24, 2.45) is 5.92 Å². The molecule has 2 aliphatic rings. The van der Waals surface area contributed by atoms with Crippen LogP contribution in [0, 0.1) is 5.92 Å². The molecule has 2 aromatic rings. The quantitative estimate of drug-likeness (QED) is 0.804. The van der Waals surface area contributed by atoms with Gasteiger partial charge in [0.1, 0.15) is 0 Å². The number of aromatic nitrogens is 2. The van der Waals surface area contributed by atoms with Crippen LogP contribution in [0.3, 0.4) is 0 Å². The highest BCUT2D eigenvalue weighted by Crippen LogP contribution is 2.24. The topological polar surface area (TPSA) is 95.5 Å². The number of sulfonamides is 1. The van der Waals surface area contributed by atoms with Gasteiger partial charge in [-0.3, -0.25) is 4.79 Å². The molecule has 2 fully saturated rings. The zero-order valence-corrected chi connectivity index (χ0v) is 17.0. The van der Waals surface area contributed by atoms with Gasteiger partial charge in [-0.25, -0.2) is 18.4 Å². The molecule has 1 aromatic heterocycles. The van der Waals surface area contributed by atoms with Crippen molar-refractivity contribution in [2.45, 2.75) is 30.6 Å². The first kappa shape index (κ1) is 19.8. The molecule has 2 saturated heterocycles. The van der Waals surface area contributed by atoms with Gasteiger partial charge >= 0.3 is 0 Å². The third kappa shape index (κ3) is 4.40. The Bertz CT molecular complexity index is 944. The number of carbonyl (C=O) groups excluding carboxylic acids is 1. The Morgan fingerprint density at radius 1 is 1.00 bits per heavy atom. The zero-order valence-electron chi connectivity index (χ0n) is 16.2. The van der Waals surface area contributed by atoms with Crippen LogP contribution < -0.4 is 10.2 Å². The molecule has 0 saturated carbocycles. The van der Waals surface area contributed by atoms with E-state index >= 15 is 0 Å². The van der Waals surface area contributed by atoms with E-state index in [0.717, 1.165) is 32.2 Å². The van der Waals surface area contributed by atoms with Crippen molar-refractivity contribution in [3.63, 3.8) is 0 Å². The zero-order chi connectivity index (χ0) is 20.3. The third-order valence-corrected chi connectivity index (χ3v) is 7.36. The molecular formula is C20H25N5O3S. The van der Waals surface area contributed by atoms with Crippen LogP contribution >= 0.6 is 0 Å². The molecule has 154 valence electrons. The van der Waals surface area contributed by atoms with Gasteiger partial charge in [0.05, 0.1) is 10.8 Å². The summed E-state index contributed by atoms with van der Waals surface area (Å²) < 4.78 is 26.7. The van der Waals surface area contributed by atoms with E-state index in [9.17, 15) is 13.2 Å². The smallest absolute Gasteiger partial charge is 0.243 e. The van der Waals surface area contributed by atoms with Gasteiger partial charge in [-0.2, -0.15) is 4.31 Å². The highest BCUT2D eigenvalue weighted by atomic mass is 32.2. The number of benzene rings is 1. The molecule has 1 atom stereocenters. The van der Waals surface area contributed by atoms with E-state index in [-0.39, 0.29) is 16.7 Å². The fraction of sp³-hybridized carbons (Fsp3) is 0.450. The van der Waals surface area contributed by atoms with Crippen LogP contribution in [0.15, 0.2) is 47.6 Å². The van der Waals surface area contributed by atoms with Gasteiger partial charge in [0.2, 0.25) is 21.9 Å². The maximum Gasteiger partial charge on any atom is 0.243 e. The lowest BCUT2D eigenvalue weighted by Crippen LogP contribution is -2.41. The van der Waals surface area contributed by atoms with Crippen LogP contribution in [0.5, 0.6) is 0 Å². The van der Waals surface area contributed by atoms with Gasteiger partial charge in [-0.15, -0.1) is 0 Å². The normalized spacial score (nSPS) is 20.6. The molecule has 1 amide bonds. The first-order valence-corrected chi connectivity index (χ1v) is 11.4. The Morgan fingerprint density at radius 2 is 1.69 bits per heavy atom. The fourth-order valence-corrected chi connectivity index (χ4v) is 5.38. The van der Waals surface area contributed by atoms with Crippen LogP contribution in [-0.2, 0) is 14.8 Å². The van der Waals surface area contributed by atoms with Gasteiger partial charge in [0, 0.05) is 44.3 Å². The number of nitrogens with zero attached hydrogens (tertiary/aromatic N) is 4. The van der Waals surface area contributed by atoms with Crippen molar-refractivity contribution >= 4 is 27.6 Å². The minimum absolute atomic E-state index is 0.0687. The van der Waals surface area contributed by atoms with Crippen molar-refractivity contribution in [3.05, 3.63) is 42.7 Å². The molecule has 0 bridgehead atoms. The Hall–Kier alpha value is -2.52. The van der Waals surface area contributed by atoms with E-state index in [1.165, 1.54) is 4.31 Å². The largest absolute Gasteiger partial charge is 0.340 e. The van der Waals surface area contributed by atoms with Crippen LogP contribution in [0.4, 0.5) is 11.6 Å². The van der Waals surface area contributed by atoms with Crippen LogP contribution in [0.2, 0.25) is 0 Å². The summed E-state index contributed by atoms with van der Waals surface area (Å²) in [6.45, 7) is 2.54. The Morgan fingerprint density at radius 3 is 2.38 bits per heavy atom. The highest BCUT2D eigenvalue weighted by molar-refractivity contribution is 7.89. The van der Waals surface area contributed by atoms with Gasteiger partial charge in [0.15, 0.2) is 0 Å². The maximum absolute atomic E-state index is 12.7. The minimum atomic E-state index is -3.44. The number of piperidine rings is 1. The summed E-state index contributed by atoms with van der Waals surface area (Å²) in [5, 5.41) is 2.92. The molecule has 4 rings (SSSR count). The monoisotopic (exact) mass is 415 g/mol. The summed E-state index contributed by atoms with van der Waals surface area (Å²) in [6.07, 6.45) is 6.90. The average Bonchev–Trinajstić information content (AvgIpc) is 3.31. The second kappa shape index (κ2) is 8.46. The molecule has 8 nitrogen and oxygen atoms in total. The van der Waals surface area contributed by atoms with E-state index < -0.39 is 10.0 Å². The standard InChI is InChI=1S/C20H25N5O3S/c26-19(16-5-3-12-24(15-16)20-21-10-4-11-22-20)23-17-6-8-18(9-7-17)29(27,28)25-13-1-2-14-25/h4,6-11,16H,1-3,5,12-15H2,(H,23,26). The summed E-state index contributed by atoms with van der Waals surface area (Å²) in [6, 6.07) is 8.21. The first-order valence-electron chi connectivity index (χ1n) is 9.97. The summed E-state index contributed by atoms with van der Waals surface area (Å²) >= 11 is 0. The molecule has 29 heavy (non-hydrogen) atoms. The molecule has 2 aliphatic heterocycles. The van der Waals surface area contributed by atoms with Crippen molar-refractivity contribution in [1.82, 2.24) is 14.3 Å². The van der Waals surface area contributed by atoms with E-state index in [4.69, 9.17) is 0 Å². The number of hydrogen-bond acceptors (Lipinski definition) is 6. The minimum Gasteiger partial charge on any atom is -0.340 e. The number of anilines is 2. The third-order valence-electron chi connectivity index (χ3n) is 5.45. The molecule has 0 spiro atoms. The van der Waals surface area contributed by atoms with Crippen LogP contribution in [0.25, 0.3) is 0 Å². The van der Waals surface area contributed by atoms with Crippen LogP contribution in [-0.4, -0.2) is 54.8 Å². The van der Waals surface area contributed by atoms with Gasteiger partial charge in [0.25, 0.3) is 0 Å². The number of hydrogen-bond donors (Lipinski definition) is 1. The fourth-order valence-electron chi connectivity index (χ4n) is 3.86. The van der Waals surface area contributed by atoms with Crippen molar-refractivity contribution in [2.75, 3.05) is 36.4 Å². The number of nitrogens with one attached hydrogen (secondary N) is 1. The SMILES string of the molecule is O=C(Nc1ccc(S(=O)(=O)N2CCCC2)cc1)C1CCCN(c2ncccn2)C1. The second-order valence-electron chi connectivity index (χ2n) is 7.46. The Labute approximate surface area is 171 Å². The molecule has 9 heteroatoms.